The third-order valence-electron chi connectivity index (χ3n) is 1.04. The van der Waals surface area contributed by atoms with E-state index >= 15 is 0 Å². The van der Waals surface area contributed by atoms with Gasteiger partial charge in [0, 0.05) is 0 Å². The number of rotatable bonds is 1. The van der Waals surface area contributed by atoms with E-state index < -0.39 is 18.9 Å². The van der Waals surface area contributed by atoms with Crippen LogP contribution in [0.2, 0.25) is 0 Å². The highest BCUT2D eigenvalue weighted by Crippen LogP contribution is 2.10. The SMILES string of the molecule is COC(=O)OC1COC(O)O1. The first-order valence-corrected chi connectivity index (χ1v) is 2.92. The lowest BCUT2D eigenvalue weighted by atomic mass is 10.7. The number of aliphatic hydroxyl groups is 1. The molecule has 0 spiro atoms. The monoisotopic (exact) mass is 164 g/mol. The Morgan fingerprint density at radius 3 is 2.91 bits per heavy atom. The molecule has 0 aliphatic carbocycles. The number of hydrogen-bond acceptors (Lipinski definition) is 6. The van der Waals surface area contributed by atoms with Crippen LogP contribution in [0.15, 0.2) is 0 Å². The molecule has 1 heterocycles. The van der Waals surface area contributed by atoms with E-state index in [2.05, 4.69) is 18.9 Å². The molecular weight excluding hydrogens is 156 g/mol. The van der Waals surface area contributed by atoms with Gasteiger partial charge in [-0.05, 0) is 0 Å². The molecule has 2 atom stereocenters. The smallest absolute Gasteiger partial charge is 0.438 e. The van der Waals surface area contributed by atoms with Crippen LogP contribution in [-0.2, 0) is 18.9 Å². The lowest BCUT2D eigenvalue weighted by Crippen LogP contribution is -2.20. The van der Waals surface area contributed by atoms with Crippen molar-refractivity contribution in [2.45, 2.75) is 12.8 Å². The number of carbonyl (C=O) groups excluding carboxylic acids is 1. The summed E-state index contributed by atoms with van der Waals surface area (Å²) in [7, 11) is 1.18. The van der Waals surface area contributed by atoms with E-state index in [1.54, 1.807) is 0 Å². The average molecular weight is 164 g/mol. The van der Waals surface area contributed by atoms with Crippen molar-refractivity contribution in [2.24, 2.45) is 0 Å². The summed E-state index contributed by atoms with van der Waals surface area (Å²) in [6.45, 7) is -1.30. The molecule has 1 aliphatic heterocycles. The van der Waals surface area contributed by atoms with Crippen LogP contribution in [-0.4, -0.2) is 37.7 Å². The van der Waals surface area contributed by atoms with Gasteiger partial charge in [0.15, 0.2) is 0 Å². The molecule has 1 aliphatic rings. The van der Waals surface area contributed by atoms with Crippen molar-refractivity contribution in [3.8, 4) is 0 Å². The number of carbonyl (C=O) groups is 1. The minimum atomic E-state index is -1.32. The number of aliphatic hydroxyl groups excluding tert-OH is 1. The van der Waals surface area contributed by atoms with Gasteiger partial charge in [-0.3, -0.25) is 4.74 Å². The van der Waals surface area contributed by atoms with Crippen molar-refractivity contribution in [3.63, 3.8) is 0 Å². The fourth-order valence-electron chi connectivity index (χ4n) is 0.587. The Morgan fingerprint density at radius 2 is 2.45 bits per heavy atom. The minimum absolute atomic E-state index is 0.0102. The van der Waals surface area contributed by atoms with Gasteiger partial charge in [-0.1, -0.05) is 0 Å². The Hall–Kier alpha value is -0.850. The second kappa shape index (κ2) is 3.51. The molecule has 1 rings (SSSR count). The number of hydrogen-bond donors (Lipinski definition) is 1. The topological polar surface area (TPSA) is 74.2 Å². The maximum Gasteiger partial charge on any atom is 0.510 e. The van der Waals surface area contributed by atoms with Gasteiger partial charge in [-0.25, -0.2) is 4.79 Å². The number of ether oxygens (including phenoxy) is 4. The molecular formula is C5H8O6. The molecule has 64 valence electrons. The molecule has 0 aromatic heterocycles. The largest absolute Gasteiger partial charge is 0.510 e. The molecule has 6 heteroatoms. The summed E-state index contributed by atoms with van der Waals surface area (Å²) < 4.78 is 17.7. The van der Waals surface area contributed by atoms with E-state index in [1.807, 2.05) is 0 Å². The van der Waals surface area contributed by atoms with Gasteiger partial charge in [0.05, 0.1) is 7.11 Å². The Morgan fingerprint density at radius 1 is 1.73 bits per heavy atom. The van der Waals surface area contributed by atoms with E-state index in [1.165, 1.54) is 7.11 Å². The quantitative estimate of drug-likeness (QED) is 0.522. The van der Waals surface area contributed by atoms with Crippen molar-refractivity contribution in [1.82, 2.24) is 0 Å². The van der Waals surface area contributed by atoms with Crippen molar-refractivity contribution >= 4 is 6.16 Å². The molecule has 11 heavy (non-hydrogen) atoms. The standard InChI is InChI=1S/C5H8O6/c1-8-4(6)10-3-2-9-5(7)11-3/h3,5,7H,2H2,1H3. The minimum Gasteiger partial charge on any atom is -0.438 e. The molecule has 1 fully saturated rings. The molecule has 1 saturated heterocycles. The maximum absolute atomic E-state index is 10.4. The van der Waals surface area contributed by atoms with E-state index in [0.29, 0.717) is 0 Å². The van der Waals surface area contributed by atoms with Gasteiger partial charge < -0.3 is 19.3 Å². The molecule has 1 N–H and O–H groups in total. The van der Waals surface area contributed by atoms with Crippen LogP contribution in [0.25, 0.3) is 0 Å². The Balaban J connectivity index is 2.23. The summed E-state index contributed by atoms with van der Waals surface area (Å²) in [5, 5.41) is 8.61. The predicted molar refractivity (Wildman–Crippen MR) is 30.3 cm³/mol. The van der Waals surface area contributed by atoms with Gasteiger partial charge in [0.25, 0.3) is 6.48 Å². The first kappa shape index (κ1) is 8.25. The fourth-order valence-corrected chi connectivity index (χ4v) is 0.587. The highest BCUT2D eigenvalue weighted by Gasteiger charge is 2.27. The molecule has 0 aromatic rings. The highest BCUT2D eigenvalue weighted by molar-refractivity contribution is 5.59. The van der Waals surface area contributed by atoms with Crippen molar-refractivity contribution in [2.75, 3.05) is 13.7 Å². The van der Waals surface area contributed by atoms with Crippen LogP contribution in [0.5, 0.6) is 0 Å². The first-order valence-electron chi connectivity index (χ1n) is 2.92. The van der Waals surface area contributed by atoms with E-state index in [0.717, 1.165) is 0 Å². The van der Waals surface area contributed by atoms with Crippen molar-refractivity contribution in [3.05, 3.63) is 0 Å². The zero-order valence-electron chi connectivity index (χ0n) is 5.85. The second-order valence-corrected chi connectivity index (χ2v) is 1.78. The highest BCUT2D eigenvalue weighted by atomic mass is 16.9. The Bertz CT molecular complexity index is 146. The lowest BCUT2D eigenvalue weighted by molar-refractivity contribution is -0.228. The third kappa shape index (κ3) is 2.34. The average Bonchev–Trinajstić information content (AvgIpc) is 2.35. The van der Waals surface area contributed by atoms with Crippen molar-refractivity contribution in [1.29, 1.82) is 0 Å². The van der Waals surface area contributed by atoms with Crippen molar-refractivity contribution < 1.29 is 28.8 Å². The van der Waals surface area contributed by atoms with Gasteiger partial charge >= 0.3 is 6.16 Å². The third-order valence-corrected chi connectivity index (χ3v) is 1.04. The van der Waals surface area contributed by atoms with Crippen LogP contribution in [0.3, 0.4) is 0 Å². The summed E-state index contributed by atoms with van der Waals surface area (Å²) >= 11 is 0. The maximum atomic E-state index is 10.4. The second-order valence-electron chi connectivity index (χ2n) is 1.78. The van der Waals surface area contributed by atoms with Crippen LogP contribution >= 0.6 is 0 Å². The summed E-state index contributed by atoms with van der Waals surface area (Å²) in [4.78, 5) is 10.4. The summed E-state index contributed by atoms with van der Waals surface area (Å²) in [6.07, 6.45) is -1.75. The normalized spacial score (nSPS) is 30.0. The van der Waals surface area contributed by atoms with Crippen LogP contribution < -0.4 is 0 Å². The molecule has 2 unspecified atom stereocenters. The van der Waals surface area contributed by atoms with E-state index in [-0.39, 0.29) is 6.61 Å². The molecule has 0 radical (unpaired) electrons. The molecule has 0 amide bonds. The van der Waals surface area contributed by atoms with Gasteiger partial charge in [-0.15, -0.1) is 0 Å². The van der Waals surface area contributed by atoms with Gasteiger partial charge in [-0.2, -0.15) is 0 Å². The van der Waals surface area contributed by atoms with E-state index in [9.17, 15) is 4.79 Å². The first-order chi connectivity index (χ1) is 5.22. The molecule has 0 aromatic carbocycles. The van der Waals surface area contributed by atoms with Crippen LogP contribution in [0.4, 0.5) is 4.79 Å². The van der Waals surface area contributed by atoms with Gasteiger partial charge in [0.2, 0.25) is 6.29 Å². The lowest BCUT2D eigenvalue weighted by Gasteiger charge is -2.07. The van der Waals surface area contributed by atoms with E-state index in [4.69, 9.17) is 5.11 Å². The summed E-state index contributed by atoms with van der Waals surface area (Å²) in [5.41, 5.74) is 0. The Kier molecular flexibility index (Phi) is 2.64. The summed E-state index contributed by atoms with van der Waals surface area (Å²) in [5.74, 6) is 0. The van der Waals surface area contributed by atoms with Gasteiger partial charge in [0.1, 0.15) is 6.61 Å². The zero-order valence-corrected chi connectivity index (χ0v) is 5.85. The van der Waals surface area contributed by atoms with Crippen LogP contribution in [0.1, 0.15) is 0 Å². The Labute approximate surface area is 62.6 Å². The number of methoxy groups -OCH3 is 1. The molecule has 6 nitrogen and oxygen atoms in total. The van der Waals surface area contributed by atoms with Crippen LogP contribution in [0, 0.1) is 0 Å². The molecule has 0 bridgehead atoms. The zero-order chi connectivity index (χ0) is 8.27. The summed E-state index contributed by atoms with van der Waals surface area (Å²) in [6, 6.07) is 0. The fraction of sp³-hybridized carbons (Fsp3) is 0.800. The predicted octanol–water partition coefficient (Wildman–Crippen LogP) is -0.582. The molecule has 0 saturated carbocycles.